The van der Waals surface area contributed by atoms with E-state index in [1.807, 2.05) is 72.8 Å². The third kappa shape index (κ3) is 6.47. The molecule has 0 aliphatic rings. The van der Waals surface area contributed by atoms with Crippen LogP contribution < -0.4 is 10.1 Å². The summed E-state index contributed by atoms with van der Waals surface area (Å²) >= 11 is 6.30. The fourth-order valence-corrected chi connectivity index (χ4v) is 3.32. The molecule has 0 spiro atoms. The number of ether oxygens (including phenoxy) is 1. The van der Waals surface area contributed by atoms with E-state index in [9.17, 15) is 4.79 Å². The normalized spacial score (nSPS) is 11.8. The lowest BCUT2D eigenvalue weighted by molar-refractivity contribution is -0.115. The molecule has 160 valence electrons. The van der Waals surface area contributed by atoms with Crippen molar-refractivity contribution in [2.75, 3.05) is 13.2 Å². The Hall–Kier alpha value is -3.04. The number of hydrogen-bond donors (Lipinski definition) is 1. The summed E-state index contributed by atoms with van der Waals surface area (Å²) in [7, 11) is 0. The van der Waals surface area contributed by atoms with Crippen molar-refractivity contribution < 1.29 is 9.53 Å². The molecule has 0 aromatic heterocycles. The third-order valence-electron chi connectivity index (χ3n) is 4.91. The second-order valence-electron chi connectivity index (χ2n) is 8.32. The van der Waals surface area contributed by atoms with Gasteiger partial charge in [-0.3, -0.25) is 4.79 Å². The van der Waals surface area contributed by atoms with Crippen molar-refractivity contribution in [1.29, 1.82) is 0 Å². The maximum atomic E-state index is 12.9. The van der Waals surface area contributed by atoms with Gasteiger partial charge in [-0.15, -0.1) is 0 Å². The topological polar surface area (TPSA) is 38.3 Å². The highest BCUT2D eigenvalue weighted by molar-refractivity contribution is 6.33. The average Bonchev–Trinajstić information content (AvgIpc) is 2.76. The van der Waals surface area contributed by atoms with Crippen molar-refractivity contribution in [3.05, 3.63) is 101 Å². The molecule has 31 heavy (non-hydrogen) atoms. The Balaban J connectivity index is 1.64. The van der Waals surface area contributed by atoms with Crippen LogP contribution in [0.3, 0.4) is 0 Å². The largest absolute Gasteiger partial charge is 0.492 e. The Morgan fingerprint density at radius 1 is 0.935 bits per heavy atom. The fraction of sp³-hybridized carbons (Fsp3) is 0.222. The number of carbonyl (C=O) groups is 1. The van der Waals surface area contributed by atoms with E-state index in [0.29, 0.717) is 23.7 Å². The quantitative estimate of drug-likeness (QED) is 0.267. The van der Waals surface area contributed by atoms with Crippen molar-refractivity contribution >= 4 is 29.2 Å². The first-order valence-corrected chi connectivity index (χ1v) is 10.8. The molecule has 4 heteroatoms. The van der Waals surface area contributed by atoms with Gasteiger partial charge in [-0.05, 0) is 46.4 Å². The SMILES string of the molecule is CC(C)(C)c1ccc(OCCNC(=O)/C(=C/c2ccccc2Cl)c2ccccc2)cc1. The highest BCUT2D eigenvalue weighted by atomic mass is 35.5. The molecule has 0 unspecified atom stereocenters. The summed E-state index contributed by atoms with van der Waals surface area (Å²) in [6.45, 7) is 7.32. The van der Waals surface area contributed by atoms with Crippen molar-refractivity contribution in [2.45, 2.75) is 26.2 Å². The van der Waals surface area contributed by atoms with Crippen LogP contribution in [0.15, 0.2) is 78.9 Å². The predicted molar refractivity (Wildman–Crippen MR) is 129 cm³/mol. The molecule has 0 heterocycles. The van der Waals surface area contributed by atoms with E-state index in [1.165, 1.54) is 5.56 Å². The molecule has 3 aromatic carbocycles. The highest BCUT2D eigenvalue weighted by Gasteiger charge is 2.14. The first-order valence-electron chi connectivity index (χ1n) is 10.4. The van der Waals surface area contributed by atoms with Crippen LogP contribution >= 0.6 is 11.6 Å². The van der Waals surface area contributed by atoms with Crippen LogP contribution in [0.4, 0.5) is 0 Å². The molecule has 0 saturated heterocycles. The third-order valence-corrected chi connectivity index (χ3v) is 5.26. The number of hydrogen-bond acceptors (Lipinski definition) is 2. The van der Waals surface area contributed by atoms with Gasteiger partial charge in [0, 0.05) is 10.6 Å². The summed E-state index contributed by atoms with van der Waals surface area (Å²) < 4.78 is 5.79. The van der Waals surface area contributed by atoms with E-state index in [-0.39, 0.29) is 11.3 Å². The minimum atomic E-state index is -0.169. The maximum absolute atomic E-state index is 12.9. The van der Waals surface area contributed by atoms with E-state index < -0.39 is 0 Å². The molecule has 1 N–H and O–H groups in total. The lowest BCUT2D eigenvalue weighted by atomic mass is 9.87. The number of nitrogens with one attached hydrogen (secondary N) is 1. The van der Waals surface area contributed by atoms with Crippen LogP contribution in [0.5, 0.6) is 5.75 Å². The van der Waals surface area contributed by atoms with Crippen LogP contribution in [0.25, 0.3) is 11.6 Å². The first-order chi connectivity index (χ1) is 14.8. The van der Waals surface area contributed by atoms with Gasteiger partial charge < -0.3 is 10.1 Å². The van der Waals surface area contributed by atoms with Crippen LogP contribution in [0.2, 0.25) is 5.02 Å². The molecule has 0 aliphatic carbocycles. The zero-order chi connectivity index (χ0) is 22.3. The molecule has 3 nitrogen and oxygen atoms in total. The smallest absolute Gasteiger partial charge is 0.252 e. The molecule has 0 atom stereocenters. The number of benzene rings is 3. The molecular formula is C27H28ClNO2. The van der Waals surface area contributed by atoms with E-state index in [1.54, 1.807) is 0 Å². The molecule has 0 bridgehead atoms. The summed E-state index contributed by atoms with van der Waals surface area (Å²) in [6.07, 6.45) is 1.82. The Labute approximate surface area is 189 Å². The molecule has 1 amide bonds. The van der Waals surface area contributed by atoms with Crippen molar-refractivity contribution in [2.24, 2.45) is 0 Å². The number of carbonyl (C=O) groups excluding carboxylic acids is 1. The van der Waals surface area contributed by atoms with E-state index in [2.05, 4.69) is 38.2 Å². The number of halogens is 1. The van der Waals surface area contributed by atoms with Gasteiger partial charge in [-0.25, -0.2) is 0 Å². The zero-order valence-corrected chi connectivity index (χ0v) is 18.9. The Morgan fingerprint density at radius 3 is 2.23 bits per heavy atom. The first kappa shape index (κ1) is 22.6. The Kier molecular flexibility index (Phi) is 7.54. The molecular weight excluding hydrogens is 406 g/mol. The molecule has 0 saturated carbocycles. The molecule has 0 radical (unpaired) electrons. The standard InChI is InChI=1S/C27H28ClNO2/c1-27(2,3)22-13-15-23(16-14-22)31-18-17-29-26(30)24(20-9-5-4-6-10-20)19-21-11-7-8-12-25(21)28/h4-16,19H,17-18H2,1-3H3,(H,29,30)/b24-19+. The summed E-state index contributed by atoms with van der Waals surface area (Å²) in [5.74, 6) is 0.620. The zero-order valence-electron chi connectivity index (χ0n) is 18.2. The van der Waals surface area contributed by atoms with Gasteiger partial charge >= 0.3 is 0 Å². The monoisotopic (exact) mass is 433 g/mol. The molecule has 0 aliphatic heterocycles. The lowest BCUT2D eigenvalue weighted by Gasteiger charge is -2.19. The van der Waals surface area contributed by atoms with Crippen LogP contribution in [0.1, 0.15) is 37.5 Å². The van der Waals surface area contributed by atoms with Gasteiger partial charge in [0.05, 0.1) is 6.54 Å². The van der Waals surface area contributed by atoms with Crippen molar-refractivity contribution in [3.8, 4) is 5.75 Å². The molecule has 3 rings (SSSR count). The van der Waals surface area contributed by atoms with Gasteiger partial charge in [0.25, 0.3) is 5.91 Å². The fourth-order valence-electron chi connectivity index (χ4n) is 3.13. The Bertz CT molecular complexity index is 1030. The van der Waals surface area contributed by atoms with E-state index in [0.717, 1.165) is 16.9 Å². The van der Waals surface area contributed by atoms with Gasteiger partial charge in [0.15, 0.2) is 0 Å². The van der Waals surface area contributed by atoms with Gasteiger partial charge in [-0.2, -0.15) is 0 Å². The average molecular weight is 434 g/mol. The van der Waals surface area contributed by atoms with Crippen LogP contribution in [0, 0.1) is 0 Å². The van der Waals surface area contributed by atoms with E-state index in [4.69, 9.17) is 16.3 Å². The minimum Gasteiger partial charge on any atom is -0.492 e. The summed E-state index contributed by atoms with van der Waals surface area (Å²) in [5.41, 5.74) is 3.55. The minimum absolute atomic E-state index is 0.105. The molecule has 0 fully saturated rings. The summed E-state index contributed by atoms with van der Waals surface area (Å²) in [4.78, 5) is 12.9. The van der Waals surface area contributed by atoms with Crippen LogP contribution in [-0.2, 0) is 10.2 Å². The van der Waals surface area contributed by atoms with Crippen molar-refractivity contribution in [1.82, 2.24) is 5.32 Å². The van der Waals surface area contributed by atoms with E-state index >= 15 is 0 Å². The number of rotatable bonds is 7. The highest BCUT2D eigenvalue weighted by Crippen LogP contribution is 2.25. The van der Waals surface area contributed by atoms with Crippen molar-refractivity contribution in [3.63, 3.8) is 0 Å². The number of amides is 1. The second-order valence-corrected chi connectivity index (χ2v) is 8.73. The predicted octanol–water partition coefficient (Wildman–Crippen LogP) is 6.37. The summed E-state index contributed by atoms with van der Waals surface area (Å²) in [6, 6.07) is 25.1. The second kappa shape index (κ2) is 10.3. The summed E-state index contributed by atoms with van der Waals surface area (Å²) in [5, 5.41) is 3.55. The van der Waals surface area contributed by atoms with Gasteiger partial charge in [-0.1, -0.05) is 93.0 Å². The van der Waals surface area contributed by atoms with Gasteiger partial charge in [0.2, 0.25) is 0 Å². The Morgan fingerprint density at radius 2 is 1.58 bits per heavy atom. The van der Waals surface area contributed by atoms with Crippen LogP contribution in [-0.4, -0.2) is 19.1 Å². The maximum Gasteiger partial charge on any atom is 0.252 e. The van der Waals surface area contributed by atoms with Gasteiger partial charge in [0.1, 0.15) is 12.4 Å². The molecule has 3 aromatic rings. The lowest BCUT2D eigenvalue weighted by Crippen LogP contribution is -2.28.